The number of hydrogen-bond acceptors (Lipinski definition) is 13. The van der Waals surface area contributed by atoms with Crippen LogP contribution in [0.5, 0.6) is 5.75 Å². The van der Waals surface area contributed by atoms with Gasteiger partial charge in [0.25, 0.3) is 5.91 Å². The molecule has 26 nitrogen and oxygen atoms in total. The van der Waals surface area contributed by atoms with Crippen molar-refractivity contribution < 1.29 is 43.1 Å². The molecule has 0 spiro atoms. The van der Waals surface area contributed by atoms with Crippen LogP contribution in [0.1, 0.15) is 109 Å². The number of primary amides is 1. The summed E-state index contributed by atoms with van der Waals surface area (Å²) in [5.41, 5.74) is 39.1. The lowest BCUT2D eigenvalue weighted by Gasteiger charge is -2.32. The number of nitrogens with zero attached hydrogens (tertiary/aromatic N) is 4. The molecule has 0 unspecified atom stereocenters. The van der Waals surface area contributed by atoms with Gasteiger partial charge in [-0.25, -0.2) is 0 Å². The van der Waals surface area contributed by atoms with Gasteiger partial charge in [0.15, 0.2) is 17.9 Å². The van der Waals surface area contributed by atoms with Crippen LogP contribution in [-0.4, -0.2) is 158 Å². The Bertz CT molecular complexity index is 2130. The van der Waals surface area contributed by atoms with Crippen LogP contribution in [0.2, 0.25) is 0 Å². The Balaban J connectivity index is 2.48. The number of aliphatic imine (C=N–C) groups is 3. The molecule has 1 aliphatic heterocycles. The van der Waals surface area contributed by atoms with Gasteiger partial charge in [0.1, 0.15) is 48.0 Å². The second-order valence-corrected chi connectivity index (χ2v) is 19.7. The van der Waals surface area contributed by atoms with Crippen molar-refractivity contribution in [3.8, 4) is 5.75 Å². The van der Waals surface area contributed by atoms with Gasteiger partial charge in [0, 0.05) is 31.7 Å². The minimum Gasteiger partial charge on any atom is -0.497 e. The maximum atomic E-state index is 14.6. The van der Waals surface area contributed by atoms with E-state index in [-0.39, 0.29) is 107 Å². The predicted octanol–water partition coefficient (Wildman–Crippen LogP) is -2.30. The Kier molecular flexibility index (Phi) is 28.8. The largest absolute Gasteiger partial charge is 0.497 e. The van der Waals surface area contributed by atoms with E-state index in [0.29, 0.717) is 30.8 Å². The zero-order chi connectivity index (χ0) is 56.2. The molecule has 75 heavy (non-hydrogen) atoms. The van der Waals surface area contributed by atoms with Crippen molar-refractivity contribution >= 4 is 76.9 Å². The number of methoxy groups -OCH3 is 1. The Labute approximate surface area is 443 Å². The SMILES string of the molecule is CC[C@H](C)[C@H](NC(=O)[C@H](CCCN=C(N)N)NC(=O)[C@H](CCCN=C(N)N)NC(=O)c1ccc(OC)cc1)C(=O)N[C@@H](CCCN=C(N)N)C(=O)N1CCC[C@H]1C(=O)N[C@@H](CCSC)C(=O)N[C@@H](CC(C)C)C(N)=O. The third-order valence-electron chi connectivity index (χ3n) is 12.3. The highest BCUT2D eigenvalue weighted by Gasteiger charge is 2.40. The molecule has 1 saturated heterocycles. The number of rotatable bonds is 34. The fraction of sp³-hybridized carbons (Fsp3) is 0.646. The Morgan fingerprint density at radius 1 is 0.653 bits per heavy atom. The number of amides is 8. The molecular formula is C48H83N17O9S. The molecule has 0 aliphatic carbocycles. The maximum Gasteiger partial charge on any atom is 0.251 e. The number of ether oxygens (including phenoxy) is 1. The lowest BCUT2D eigenvalue weighted by atomic mass is 9.96. The molecule has 8 atom stereocenters. The van der Waals surface area contributed by atoms with Crippen molar-refractivity contribution in [2.45, 2.75) is 141 Å². The molecule has 8 amide bonds. The van der Waals surface area contributed by atoms with Crippen molar-refractivity contribution in [1.29, 1.82) is 0 Å². The second-order valence-electron chi connectivity index (χ2n) is 18.7. The van der Waals surface area contributed by atoms with E-state index in [1.807, 2.05) is 20.1 Å². The monoisotopic (exact) mass is 1070 g/mol. The third kappa shape index (κ3) is 23.4. The van der Waals surface area contributed by atoms with E-state index in [4.69, 9.17) is 44.9 Å². The van der Waals surface area contributed by atoms with E-state index < -0.39 is 95.5 Å². The van der Waals surface area contributed by atoms with E-state index in [9.17, 15) is 38.4 Å². The van der Waals surface area contributed by atoms with Crippen molar-refractivity contribution in [1.82, 2.24) is 36.8 Å². The van der Waals surface area contributed by atoms with Gasteiger partial charge >= 0.3 is 0 Å². The Morgan fingerprint density at radius 3 is 1.61 bits per heavy atom. The molecule has 1 aliphatic rings. The number of carbonyl (C=O) groups is 8. The predicted molar refractivity (Wildman–Crippen MR) is 289 cm³/mol. The van der Waals surface area contributed by atoms with Crippen LogP contribution in [0, 0.1) is 11.8 Å². The summed E-state index contributed by atoms with van der Waals surface area (Å²) in [5, 5.41) is 16.6. The second kappa shape index (κ2) is 33.7. The first-order chi connectivity index (χ1) is 35.5. The number of benzene rings is 1. The van der Waals surface area contributed by atoms with E-state index in [2.05, 4.69) is 46.9 Å². The van der Waals surface area contributed by atoms with Crippen molar-refractivity contribution in [3.63, 3.8) is 0 Å². The minimum atomic E-state index is -1.29. The van der Waals surface area contributed by atoms with Gasteiger partial charge in [-0.3, -0.25) is 53.3 Å². The molecule has 0 radical (unpaired) electrons. The van der Waals surface area contributed by atoms with Crippen molar-refractivity contribution in [2.24, 2.45) is 66.9 Å². The van der Waals surface area contributed by atoms with Crippen molar-refractivity contribution in [2.75, 3.05) is 45.3 Å². The summed E-state index contributed by atoms with van der Waals surface area (Å²) in [6.45, 7) is 7.77. The van der Waals surface area contributed by atoms with Crippen LogP contribution in [0.15, 0.2) is 39.2 Å². The molecule has 1 heterocycles. The minimum absolute atomic E-state index is 0.00979. The fourth-order valence-corrected chi connectivity index (χ4v) is 8.52. The van der Waals surface area contributed by atoms with Gasteiger partial charge < -0.3 is 81.7 Å². The first-order valence-electron chi connectivity index (χ1n) is 25.2. The van der Waals surface area contributed by atoms with Crippen LogP contribution in [0.4, 0.5) is 0 Å². The number of nitrogens with two attached hydrogens (primary N) is 7. The quantitative estimate of drug-likeness (QED) is 0.0196. The summed E-state index contributed by atoms with van der Waals surface area (Å²) >= 11 is 1.46. The number of carbonyl (C=O) groups excluding carboxylic acids is 8. The smallest absolute Gasteiger partial charge is 0.251 e. The highest BCUT2D eigenvalue weighted by Crippen LogP contribution is 2.22. The van der Waals surface area contributed by atoms with Crippen LogP contribution < -0.4 is 76.8 Å². The number of guanidine groups is 3. The van der Waals surface area contributed by atoms with Crippen LogP contribution >= 0.6 is 11.8 Å². The number of likely N-dealkylation sites (tertiary alicyclic amines) is 1. The van der Waals surface area contributed by atoms with E-state index in [1.54, 1.807) is 26.0 Å². The molecule has 1 aromatic rings. The van der Waals surface area contributed by atoms with Crippen molar-refractivity contribution in [3.05, 3.63) is 29.8 Å². The maximum absolute atomic E-state index is 14.6. The summed E-state index contributed by atoms with van der Waals surface area (Å²) in [6, 6.07) is -1.78. The van der Waals surface area contributed by atoms with Gasteiger partial charge in [-0.15, -0.1) is 0 Å². The van der Waals surface area contributed by atoms with E-state index in [1.165, 1.54) is 35.9 Å². The summed E-state index contributed by atoms with van der Waals surface area (Å²) in [5.74, 6) is -5.29. The van der Waals surface area contributed by atoms with Crippen LogP contribution in [-0.2, 0) is 33.6 Å². The normalized spacial score (nSPS) is 15.8. The van der Waals surface area contributed by atoms with Gasteiger partial charge in [-0.2, -0.15) is 11.8 Å². The summed E-state index contributed by atoms with van der Waals surface area (Å²) in [7, 11) is 1.48. The first-order valence-corrected chi connectivity index (χ1v) is 26.6. The lowest BCUT2D eigenvalue weighted by molar-refractivity contribution is -0.143. The van der Waals surface area contributed by atoms with E-state index >= 15 is 0 Å². The number of thioether (sulfide) groups is 1. The average molecular weight is 1070 g/mol. The Hall–Kier alpha value is -7.06. The molecule has 2 rings (SSSR count). The molecule has 0 saturated carbocycles. The molecular weight excluding hydrogens is 991 g/mol. The summed E-state index contributed by atoms with van der Waals surface area (Å²) < 4.78 is 5.19. The molecule has 20 N–H and O–H groups in total. The zero-order valence-electron chi connectivity index (χ0n) is 44.2. The standard InChI is InChI=1S/C48H83N17O9S/c1-7-28(4)37(64-42(70)32(13-9-22-57-47(52)53)60-40(68)31(12-8-21-56-46(50)51)59-39(67)29-16-18-30(74-5)19-17-29)44(72)62-34(14-10-23-58-48(54)55)45(73)65-24-11-15-36(65)43(71)61-33(20-25-75-6)41(69)63-35(38(49)66)26-27(2)3/h16-19,27-28,31-37H,7-15,20-26H2,1-6H3,(H2,49,66)(H,59,67)(H,60,68)(H,61,71)(H,62,72)(H,63,69)(H,64,70)(H4,50,51,56)(H4,52,53,57)(H4,54,55,58)/t28-,31-,32-,33-,34-,35-,36-,37-/m0/s1. The fourth-order valence-electron chi connectivity index (χ4n) is 8.04. The molecule has 0 bridgehead atoms. The zero-order valence-corrected chi connectivity index (χ0v) is 45.0. The Morgan fingerprint density at radius 2 is 1.13 bits per heavy atom. The molecule has 420 valence electrons. The van der Waals surface area contributed by atoms with Gasteiger partial charge in [0.05, 0.1) is 7.11 Å². The summed E-state index contributed by atoms with van der Waals surface area (Å²) in [4.78, 5) is 124. The van der Waals surface area contributed by atoms with Gasteiger partial charge in [0.2, 0.25) is 41.4 Å². The highest BCUT2D eigenvalue weighted by atomic mass is 32.2. The topological polar surface area (TPSA) is 440 Å². The number of hydrogen-bond donors (Lipinski definition) is 13. The third-order valence-corrected chi connectivity index (χ3v) is 12.9. The van der Waals surface area contributed by atoms with Crippen LogP contribution in [0.25, 0.3) is 0 Å². The first kappa shape index (κ1) is 64.1. The summed E-state index contributed by atoms with van der Waals surface area (Å²) in [6.07, 6.45) is 4.20. The van der Waals surface area contributed by atoms with Crippen LogP contribution in [0.3, 0.4) is 0 Å². The highest BCUT2D eigenvalue weighted by molar-refractivity contribution is 7.98. The molecule has 1 fully saturated rings. The molecule has 27 heteroatoms. The number of nitrogens with one attached hydrogen (secondary N) is 6. The molecule has 0 aromatic heterocycles. The van der Waals surface area contributed by atoms with Gasteiger partial charge in [-0.1, -0.05) is 34.1 Å². The van der Waals surface area contributed by atoms with Gasteiger partial charge in [-0.05, 0) is 112 Å². The average Bonchev–Trinajstić information content (AvgIpc) is 3.86. The lowest BCUT2D eigenvalue weighted by Crippen LogP contribution is -2.61. The van der Waals surface area contributed by atoms with E-state index in [0.717, 1.165) is 0 Å². The molecule has 1 aromatic carbocycles.